The normalized spacial score (nSPS) is 22.4. The fourth-order valence-corrected chi connectivity index (χ4v) is 4.48. The van der Waals surface area contributed by atoms with Gasteiger partial charge >= 0.3 is 11.7 Å². The van der Waals surface area contributed by atoms with Gasteiger partial charge in [0, 0.05) is 39.6 Å². The molecule has 2 aliphatic heterocycles. The zero-order valence-electron chi connectivity index (χ0n) is 19.5. The van der Waals surface area contributed by atoms with Crippen molar-refractivity contribution in [3.8, 4) is 0 Å². The summed E-state index contributed by atoms with van der Waals surface area (Å²) in [6, 6.07) is 4.65. The summed E-state index contributed by atoms with van der Waals surface area (Å²) in [5, 5.41) is 5.55. The van der Waals surface area contributed by atoms with Crippen molar-refractivity contribution in [1.82, 2.24) is 24.7 Å². The van der Waals surface area contributed by atoms with Crippen molar-refractivity contribution in [3.05, 3.63) is 34.2 Å². The van der Waals surface area contributed by atoms with Crippen molar-refractivity contribution in [1.29, 1.82) is 0 Å². The third-order valence-electron chi connectivity index (χ3n) is 6.03. The van der Waals surface area contributed by atoms with Crippen molar-refractivity contribution >= 4 is 28.8 Å². The highest BCUT2D eigenvalue weighted by molar-refractivity contribution is 6.00. The molecule has 0 aliphatic carbocycles. The summed E-state index contributed by atoms with van der Waals surface area (Å²) in [7, 11) is 1.68. The second-order valence-corrected chi connectivity index (χ2v) is 9.78. The predicted octanol–water partition coefficient (Wildman–Crippen LogP) is 0.433. The number of ether oxygens (including phenoxy) is 1. The Labute approximate surface area is 191 Å². The number of nitrogens with one attached hydrogen (secondary N) is 2. The van der Waals surface area contributed by atoms with E-state index in [0.29, 0.717) is 31.6 Å². The van der Waals surface area contributed by atoms with E-state index in [0.717, 1.165) is 17.6 Å². The van der Waals surface area contributed by atoms with Crippen LogP contribution in [-0.2, 0) is 32.7 Å². The molecule has 178 valence electrons. The van der Waals surface area contributed by atoms with Gasteiger partial charge in [-0.15, -0.1) is 0 Å². The van der Waals surface area contributed by atoms with E-state index in [2.05, 4.69) is 15.5 Å². The Bertz CT molecular complexity index is 1160. The van der Waals surface area contributed by atoms with Crippen LogP contribution in [0, 0.1) is 0 Å². The molecule has 0 spiro atoms. The number of piperidine rings is 1. The number of imidazole rings is 1. The minimum Gasteiger partial charge on any atom is -0.459 e. The third kappa shape index (κ3) is 4.86. The molecule has 1 aromatic carbocycles. The van der Waals surface area contributed by atoms with Gasteiger partial charge < -0.3 is 10.1 Å². The lowest BCUT2D eigenvalue weighted by atomic mass is 10.1. The van der Waals surface area contributed by atoms with Gasteiger partial charge in [0.05, 0.1) is 11.0 Å². The number of hydrogen-bond acceptors (Lipinski definition) is 7. The number of rotatable bonds is 4. The molecule has 2 aromatic rings. The molecule has 0 bridgehead atoms. The van der Waals surface area contributed by atoms with E-state index in [1.807, 2.05) is 39.0 Å². The van der Waals surface area contributed by atoms with Gasteiger partial charge in [0.15, 0.2) is 0 Å². The van der Waals surface area contributed by atoms with Crippen LogP contribution in [-0.4, -0.2) is 63.1 Å². The highest BCUT2D eigenvalue weighted by Gasteiger charge is 2.32. The van der Waals surface area contributed by atoms with Gasteiger partial charge in [0.25, 0.3) is 0 Å². The number of imide groups is 1. The first kappa shape index (κ1) is 23.2. The second kappa shape index (κ2) is 8.75. The van der Waals surface area contributed by atoms with Crippen LogP contribution in [0.15, 0.2) is 23.0 Å². The fraction of sp³-hybridized carbons (Fsp3) is 0.565. The molecule has 2 atom stereocenters. The minimum absolute atomic E-state index is 0.207. The molecule has 0 radical (unpaired) electrons. The van der Waals surface area contributed by atoms with Gasteiger partial charge in [-0.25, -0.2) is 4.79 Å². The average molecular weight is 458 g/mol. The number of aromatic nitrogens is 2. The van der Waals surface area contributed by atoms with Gasteiger partial charge in [-0.3, -0.25) is 33.7 Å². The Morgan fingerprint density at radius 3 is 2.64 bits per heavy atom. The van der Waals surface area contributed by atoms with Crippen LogP contribution in [0.5, 0.6) is 0 Å². The topological polar surface area (TPSA) is 115 Å². The molecule has 10 heteroatoms. The number of carbonyl (C=O) groups excluding carboxylic acids is 3. The first-order valence-electron chi connectivity index (χ1n) is 11.3. The van der Waals surface area contributed by atoms with Crippen molar-refractivity contribution < 1.29 is 19.1 Å². The third-order valence-corrected chi connectivity index (χ3v) is 6.03. The van der Waals surface area contributed by atoms with Crippen molar-refractivity contribution in [2.24, 2.45) is 7.05 Å². The molecule has 2 amide bonds. The Balaban J connectivity index is 1.54. The number of piperazine rings is 1. The summed E-state index contributed by atoms with van der Waals surface area (Å²) in [5.41, 5.74) is 1.56. The number of esters is 1. The van der Waals surface area contributed by atoms with Crippen LogP contribution in [0.25, 0.3) is 11.0 Å². The number of benzene rings is 1. The van der Waals surface area contributed by atoms with Gasteiger partial charge in [-0.05, 0) is 44.9 Å². The number of hydrogen-bond donors (Lipinski definition) is 2. The molecule has 2 fully saturated rings. The van der Waals surface area contributed by atoms with Crippen molar-refractivity contribution in [2.75, 3.05) is 19.6 Å². The second-order valence-electron chi connectivity index (χ2n) is 9.78. The average Bonchev–Trinajstić information content (AvgIpc) is 2.97. The van der Waals surface area contributed by atoms with Gasteiger partial charge in [0.2, 0.25) is 11.8 Å². The Kier molecular flexibility index (Phi) is 6.15. The van der Waals surface area contributed by atoms with E-state index in [-0.39, 0.29) is 30.0 Å². The first-order chi connectivity index (χ1) is 15.5. The SMILES string of the molecule is Cn1c(=O)n(C2CCC(=O)NC2=O)c2ccc(CN3CCNC(C(=O)OC(C)(C)C)C3)cc21. The first-order valence-corrected chi connectivity index (χ1v) is 11.3. The van der Waals surface area contributed by atoms with Gasteiger partial charge in [0.1, 0.15) is 17.7 Å². The quantitative estimate of drug-likeness (QED) is 0.506. The smallest absolute Gasteiger partial charge is 0.329 e. The molecule has 2 aliphatic rings. The lowest BCUT2D eigenvalue weighted by Gasteiger charge is -2.34. The highest BCUT2D eigenvalue weighted by atomic mass is 16.6. The fourth-order valence-electron chi connectivity index (χ4n) is 4.48. The Morgan fingerprint density at radius 1 is 1.18 bits per heavy atom. The molecule has 10 nitrogen and oxygen atoms in total. The Hall–Kier alpha value is -2.98. The summed E-state index contributed by atoms with van der Waals surface area (Å²) < 4.78 is 8.52. The largest absolute Gasteiger partial charge is 0.459 e. The molecule has 2 N–H and O–H groups in total. The zero-order chi connectivity index (χ0) is 23.9. The van der Waals surface area contributed by atoms with Crippen LogP contribution in [0.3, 0.4) is 0 Å². The molecule has 2 saturated heterocycles. The van der Waals surface area contributed by atoms with Crippen LogP contribution in [0.2, 0.25) is 0 Å². The minimum atomic E-state index is -0.701. The van der Waals surface area contributed by atoms with Crippen LogP contribution < -0.4 is 16.3 Å². The molecular weight excluding hydrogens is 426 g/mol. The maximum atomic E-state index is 12.9. The number of aryl methyl sites for hydroxylation is 1. The van der Waals surface area contributed by atoms with Crippen LogP contribution in [0.4, 0.5) is 0 Å². The molecular formula is C23H31N5O5. The molecule has 1 aromatic heterocycles. The molecule has 4 rings (SSSR count). The Morgan fingerprint density at radius 2 is 1.94 bits per heavy atom. The number of carbonyl (C=O) groups is 3. The predicted molar refractivity (Wildman–Crippen MR) is 122 cm³/mol. The maximum Gasteiger partial charge on any atom is 0.329 e. The maximum absolute atomic E-state index is 12.9. The lowest BCUT2D eigenvalue weighted by Crippen LogP contribution is -2.55. The van der Waals surface area contributed by atoms with Gasteiger partial charge in [-0.1, -0.05) is 6.07 Å². The number of nitrogens with zero attached hydrogens (tertiary/aromatic N) is 3. The van der Waals surface area contributed by atoms with Crippen LogP contribution >= 0.6 is 0 Å². The van der Waals surface area contributed by atoms with E-state index in [1.54, 1.807) is 7.05 Å². The van der Waals surface area contributed by atoms with E-state index < -0.39 is 17.6 Å². The number of amides is 2. The van der Waals surface area contributed by atoms with Gasteiger partial charge in [-0.2, -0.15) is 0 Å². The summed E-state index contributed by atoms with van der Waals surface area (Å²) in [6.45, 7) is 8.17. The molecule has 2 unspecified atom stereocenters. The molecule has 0 saturated carbocycles. The molecule has 33 heavy (non-hydrogen) atoms. The van der Waals surface area contributed by atoms with E-state index in [1.165, 1.54) is 9.13 Å². The van der Waals surface area contributed by atoms with E-state index in [9.17, 15) is 19.2 Å². The lowest BCUT2D eigenvalue weighted by molar-refractivity contribution is -0.158. The zero-order valence-corrected chi connectivity index (χ0v) is 19.5. The summed E-state index contributed by atoms with van der Waals surface area (Å²) in [4.78, 5) is 51.5. The number of fused-ring (bicyclic) bond motifs is 1. The van der Waals surface area contributed by atoms with E-state index >= 15 is 0 Å². The molecule has 3 heterocycles. The highest BCUT2D eigenvalue weighted by Crippen LogP contribution is 2.24. The standard InChI is InChI=1S/C23H31N5O5/c1-23(2,3)33-21(31)15-13-27(10-9-24-15)12-14-5-6-16-18(11-14)26(4)22(32)28(16)17-7-8-19(29)25-20(17)30/h5-6,11,15,17,24H,7-10,12-13H2,1-4H3,(H,25,29,30). The van der Waals surface area contributed by atoms with E-state index in [4.69, 9.17) is 4.74 Å². The van der Waals surface area contributed by atoms with Crippen molar-refractivity contribution in [2.45, 2.75) is 57.8 Å². The van der Waals surface area contributed by atoms with Crippen molar-refractivity contribution in [3.63, 3.8) is 0 Å². The summed E-state index contributed by atoms with van der Waals surface area (Å²) >= 11 is 0. The summed E-state index contributed by atoms with van der Waals surface area (Å²) in [6.07, 6.45) is 0.511. The van der Waals surface area contributed by atoms with Crippen LogP contribution in [0.1, 0.15) is 45.2 Å². The summed E-state index contributed by atoms with van der Waals surface area (Å²) in [5.74, 6) is -1.02. The monoisotopic (exact) mass is 457 g/mol.